The number of sulfone groups is 1. The van der Waals surface area contributed by atoms with E-state index in [9.17, 15) is 18.0 Å². The summed E-state index contributed by atoms with van der Waals surface area (Å²) in [5.41, 5.74) is 2.80. The van der Waals surface area contributed by atoms with E-state index in [4.69, 9.17) is 9.57 Å². The topological polar surface area (TPSA) is 104 Å². The van der Waals surface area contributed by atoms with Gasteiger partial charge in [-0.2, -0.15) is 0 Å². The molecule has 1 aromatic heterocycles. The van der Waals surface area contributed by atoms with E-state index < -0.39 is 26.8 Å². The van der Waals surface area contributed by atoms with E-state index >= 15 is 0 Å². The van der Waals surface area contributed by atoms with E-state index in [-0.39, 0.29) is 20.0 Å². The molecule has 1 aromatic rings. The van der Waals surface area contributed by atoms with Gasteiger partial charge in [0.2, 0.25) is 0 Å². The molecule has 0 aliphatic carbocycles. The molecule has 0 aromatic carbocycles. The van der Waals surface area contributed by atoms with Crippen molar-refractivity contribution in [3.8, 4) is 0 Å². The number of rotatable bonds is 7. The van der Waals surface area contributed by atoms with Crippen molar-refractivity contribution >= 4 is 15.7 Å². The van der Waals surface area contributed by atoms with Crippen LogP contribution in [-0.2, 0) is 30.8 Å². The van der Waals surface area contributed by atoms with Gasteiger partial charge < -0.3 is 9.30 Å². The van der Waals surface area contributed by atoms with E-state index in [1.54, 1.807) is 19.2 Å². The van der Waals surface area contributed by atoms with Crippen molar-refractivity contribution in [3.05, 3.63) is 34.2 Å². The van der Waals surface area contributed by atoms with Gasteiger partial charge in [-0.1, -0.05) is 13.8 Å². The van der Waals surface area contributed by atoms with Crippen molar-refractivity contribution in [2.24, 2.45) is 0 Å². The molecule has 162 valence electrons. The number of pyridine rings is 1. The van der Waals surface area contributed by atoms with Crippen molar-refractivity contribution < 1.29 is 24.2 Å². The number of aromatic nitrogens is 1. The maximum Gasteiger partial charge on any atom is 0.264 e. The standard InChI is InChI=1S/C17H26N2O6S.C2H6.H2/c1-13-7-9-19(14(20)12-13)10-8-17(2,26(3,22)23)16(21)18-25-15-6-4-5-11-24-15;1-2;/h7,9,12,15H,4-6,8,10-11H2,1-3H3,(H,18,21);1-2H3;1H. The second-order valence-electron chi connectivity index (χ2n) is 6.83. The minimum absolute atomic E-state index is 0. The first-order valence-electron chi connectivity index (χ1n) is 9.58. The van der Waals surface area contributed by atoms with Crippen molar-refractivity contribution in [2.75, 3.05) is 12.9 Å². The summed E-state index contributed by atoms with van der Waals surface area (Å²) >= 11 is 0. The number of amides is 1. The fraction of sp³-hybridized carbons (Fsp3) is 0.684. The van der Waals surface area contributed by atoms with Crippen LogP contribution < -0.4 is 11.0 Å². The van der Waals surface area contributed by atoms with Crippen LogP contribution in [0.3, 0.4) is 0 Å². The molecule has 28 heavy (non-hydrogen) atoms. The van der Waals surface area contributed by atoms with Gasteiger partial charge in [0.1, 0.15) is 0 Å². The Morgan fingerprint density at radius 3 is 2.64 bits per heavy atom. The number of nitrogens with zero attached hydrogens (tertiary/aromatic N) is 1. The molecule has 0 bridgehead atoms. The molecule has 0 spiro atoms. The Morgan fingerprint density at radius 2 is 2.11 bits per heavy atom. The Kier molecular flexibility index (Phi) is 9.32. The van der Waals surface area contributed by atoms with Gasteiger partial charge in [-0.25, -0.2) is 18.7 Å². The van der Waals surface area contributed by atoms with Crippen LogP contribution in [0.2, 0.25) is 0 Å². The van der Waals surface area contributed by atoms with Crippen LogP contribution >= 0.6 is 0 Å². The summed E-state index contributed by atoms with van der Waals surface area (Å²) < 4.78 is 29.5. The molecule has 1 aliphatic rings. The minimum Gasteiger partial charge on any atom is -0.350 e. The highest BCUT2D eigenvalue weighted by atomic mass is 32.2. The molecule has 0 radical (unpaired) electrons. The molecule has 1 amide bonds. The number of nitrogens with one attached hydrogen (secondary N) is 1. The molecule has 8 nitrogen and oxygen atoms in total. The number of carbonyl (C=O) groups is 1. The highest BCUT2D eigenvalue weighted by molar-refractivity contribution is 7.92. The summed E-state index contributed by atoms with van der Waals surface area (Å²) in [4.78, 5) is 29.8. The highest BCUT2D eigenvalue weighted by Crippen LogP contribution is 2.23. The summed E-state index contributed by atoms with van der Waals surface area (Å²) in [7, 11) is -3.76. The number of ether oxygens (including phenoxy) is 1. The molecule has 2 atom stereocenters. The van der Waals surface area contributed by atoms with Crippen LogP contribution in [0.4, 0.5) is 0 Å². The second kappa shape index (κ2) is 10.7. The fourth-order valence-electron chi connectivity index (χ4n) is 2.62. The van der Waals surface area contributed by atoms with Crippen LogP contribution in [0.5, 0.6) is 0 Å². The van der Waals surface area contributed by atoms with Gasteiger partial charge >= 0.3 is 0 Å². The smallest absolute Gasteiger partial charge is 0.264 e. The van der Waals surface area contributed by atoms with Crippen molar-refractivity contribution in [1.29, 1.82) is 0 Å². The van der Waals surface area contributed by atoms with Crippen LogP contribution in [0, 0.1) is 6.92 Å². The lowest BCUT2D eigenvalue weighted by Gasteiger charge is -2.28. The first-order valence-corrected chi connectivity index (χ1v) is 11.5. The summed E-state index contributed by atoms with van der Waals surface area (Å²) in [6.45, 7) is 7.77. The number of aryl methyl sites for hydroxylation is 2. The van der Waals surface area contributed by atoms with E-state index in [0.29, 0.717) is 13.0 Å². The third kappa shape index (κ3) is 6.42. The van der Waals surface area contributed by atoms with Crippen LogP contribution in [0.1, 0.15) is 53.4 Å². The predicted molar refractivity (Wildman–Crippen MR) is 110 cm³/mol. The van der Waals surface area contributed by atoms with Crippen LogP contribution in [0.25, 0.3) is 0 Å². The number of hydroxylamine groups is 1. The molecule has 1 fully saturated rings. The summed E-state index contributed by atoms with van der Waals surface area (Å²) in [5, 5.41) is 0. The zero-order valence-corrected chi connectivity index (χ0v) is 18.2. The third-order valence-corrected chi connectivity index (χ3v) is 6.73. The summed E-state index contributed by atoms with van der Waals surface area (Å²) in [5.74, 6) is -0.769. The molecule has 1 saturated heterocycles. The van der Waals surface area contributed by atoms with E-state index in [2.05, 4.69) is 5.48 Å². The van der Waals surface area contributed by atoms with Gasteiger partial charge in [0, 0.05) is 39.5 Å². The average molecular weight is 419 g/mol. The average Bonchev–Trinajstić information content (AvgIpc) is 2.66. The Balaban J connectivity index is 0.00000253. The molecule has 9 heteroatoms. The van der Waals surface area contributed by atoms with Crippen LogP contribution in [0.15, 0.2) is 23.1 Å². The van der Waals surface area contributed by atoms with Crippen molar-refractivity contribution in [3.63, 3.8) is 0 Å². The zero-order chi connectivity index (χ0) is 21.4. The summed E-state index contributed by atoms with van der Waals surface area (Å²) in [6, 6.07) is 3.21. The Hall–Kier alpha value is -1.71. The molecule has 2 heterocycles. The molecule has 2 unspecified atom stereocenters. The highest BCUT2D eigenvalue weighted by Gasteiger charge is 2.43. The second-order valence-corrected chi connectivity index (χ2v) is 9.28. The Bertz CT molecular complexity index is 805. The zero-order valence-electron chi connectivity index (χ0n) is 17.4. The van der Waals surface area contributed by atoms with E-state index in [1.165, 1.54) is 17.6 Å². The molecule has 2 rings (SSSR count). The molecular weight excluding hydrogens is 384 g/mol. The van der Waals surface area contributed by atoms with Gasteiger partial charge in [-0.15, -0.1) is 0 Å². The van der Waals surface area contributed by atoms with Gasteiger partial charge in [0.15, 0.2) is 20.9 Å². The lowest BCUT2D eigenvalue weighted by molar-refractivity contribution is -0.201. The van der Waals surface area contributed by atoms with Gasteiger partial charge in [0.05, 0.1) is 0 Å². The largest absolute Gasteiger partial charge is 0.350 e. The maximum atomic E-state index is 12.6. The molecular formula is C19H34N2O6S. The normalized spacial score (nSPS) is 19.1. The van der Waals surface area contributed by atoms with E-state index in [1.807, 2.05) is 13.8 Å². The SMILES string of the molecule is CC.Cc1ccn(CCC(C)(C(=O)NOC2CCCCO2)S(C)(=O)=O)c(=O)c1.[HH]. The lowest BCUT2D eigenvalue weighted by atomic mass is 10.1. The van der Waals surface area contributed by atoms with Gasteiger partial charge in [-0.05, 0) is 44.7 Å². The minimum atomic E-state index is -3.76. The van der Waals surface area contributed by atoms with Crippen LogP contribution in [-0.4, -0.2) is 42.8 Å². The Labute approximate surface area is 168 Å². The molecule has 0 saturated carbocycles. The van der Waals surface area contributed by atoms with Gasteiger partial charge in [0.25, 0.3) is 11.5 Å². The first-order chi connectivity index (χ1) is 13.1. The number of carbonyl (C=O) groups excluding carboxylic acids is 1. The molecule has 1 aliphatic heterocycles. The third-order valence-electron chi connectivity index (χ3n) is 4.70. The van der Waals surface area contributed by atoms with Gasteiger partial charge in [-0.3, -0.25) is 9.59 Å². The lowest BCUT2D eigenvalue weighted by Crippen LogP contribution is -2.51. The van der Waals surface area contributed by atoms with Crippen molar-refractivity contribution in [1.82, 2.24) is 10.0 Å². The maximum absolute atomic E-state index is 12.6. The predicted octanol–water partition coefficient (Wildman–Crippen LogP) is 2.20. The first kappa shape index (κ1) is 24.3. The number of hydrogen-bond donors (Lipinski definition) is 1. The number of hydrogen-bond acceptors (Lipinski definition) is 6. The quantitative estimate of drug-likeness (QED) is 0.681. The van der Waals surface area contributed by atoms with Crippen molar-refractivity contribution in [2.45, 2.75) is 71.0 Å². The van der Waals surface area contributed by atoms with E-state index in [0.717, 1.165) is 24.7 Å². The summed E-state index contributed by atoms with van der Waals surface area (Å²) in [6.07, 6.45) is 4.44. The monoisotopic (exact) mass is 418 g/mol. The molecule has 1 N–H and O–H groups in total. The fourth-order valence-corrected chi connectivity index (χ4v) is 3.46. The Morgan fingerprint density at radius 1 is 1.43 bits per heavy atom.